The lowest BCUT2D eigenvalue weighted by atomic mass is 9.92. The SMILES string of the molecule is CC(C)(C)OC(=O)N1CCC(CO)C(Nc2cc(Cl)ncn2)C1. The molecule has 23 heavy (non-hydrogen) atoms. The van der Waals surface area contributed by atoms with Crippen LogP contribution in [-0.2, 0) is 4.74 Å². The Balaban J connectivity index is 2.05. The molecule has 2 rings (SSSR count). The second-order valence-corrected chi connectivity index (χ2v) is 7.02. The van der Waals surface area contributed by atoms with Crippen LogP contribution in [-0.4, -0.2) is 57.4 Å². The minimum Gasteiger partial charge on any atom is -0.444 e. The second kappa shape index (κ2) is 7.31. The van der Waals surface area contributed by atoms with Crippen LogP contribution in [0, 0.1) is 5.92 Å². The zero-order chi connectivity index (χ0) is 17.0. The van der Waals surface area contributed by atoms with Crippen molar-refractivity contribution >= 4 is 23.5 Å². The first-order valence-electron chi connectivity index (χ1n) is 7.61. The minimum absolute atomic E-state index is 0.0300. The molecule has 1 aromatic rings. The Labute approximate surface area is 141 Å². The molecule has 0 aromatic carbocycles. The van der Waals surface area contributed by atoms with Crippen molar-refractivity contribution in [2.24, 2.45) is 5.92 Å². The van der Waals surface area contributed by atoms with E-state index in [1.807, 2.05) is 20.8 Å². The van der Waals surface area contributed by atoms with Crippen LogP contribution in [0.5, 0.6) is 0 Å². The zero-order valence-corrected chi connectivity index (χ0v) is 14.4. The van der Waals surface area contributed by atoms with E-state index in [1.165, 1.54) is 6.33 Å². The number of hydrogen-bond donors (Lipinski definition) is 2. The number of ether oxygens (including phenoxy) is 1. The largest absolute Gasteiger partial charge is 0.444 e. The summed E-state index contributed by atoms with van der Waals surface area (Å²) in [6, 6.07) is 1.48. The normalized spacial score (nSPS) is 21.9. The first kappa shape index (κ1) is 17.7. The Kier molecular flexibility index (Phi) is 5.64. The van der Waals surface area contributed by atoms with Gasteiger partial charge < -0.3 is 20.1 Å². The number of piperidine rings is 1. The van der Waals surface area contributed by atoms with Crippen LogP contribution >= 0.6 is 11.6 Å². The number of likely N-dealkylation sites (tertiary alicyclic amines) is 1. The summed E-state index contributed by atoms with van der Waals surface area (Å²) in [4.78, 5) is 21.8. The highest BCUT2D eigenvalue weighted by Gasteiger charge is 2.33. The van der Waals surface area contributed by atoms with Crippen molar-refractivity contribution in [3.05, 3.63) is 17.5 Å². The number of aliphatic hydroxyl groups excluding tert-OH is 1. The molecule has 0 saturated carbocycles. The molecular formula is C15H23ClN4O3. The van der Waals surface area contributed by atoms with Gasteiger partial charge in [0.1, 0.15) is 22.9 Å². The predicted molar refractivity (Wildman–Crippen MR) is 87.5 cm³/mol. The number of amides is 1. The average molecular weight is 343 g/mol. The zero-order valence-electron chi connectivity index (χ0n) is 13.6. The number of carbonyl (C=O) groups is 1. The highest BCUT2D eigenvalue weighted by Crippen LogP contribution is 2.23. The number of aromatic nitrogens is 2. The molecule has 1 amide bonds. The molecule has 8 heteroatoms. The fraction of sp³-hybridized carbons (Fsp3) is 0.667. The smallest absolute Gasteiger partial charge is 0.410 e. The quantitative estimate of drug-likeness (QED) is 0.818. The monoisotopic (exact) mass is 342 g/mol. The summed E-state index contributed by atoms with van der Waals surface area (Å²) in [5.74, 6) is 0.599. The summed E-state index contributed by atoms with van der Waals surface area (Å²) in [6.45, 7) is 6.54. The van der Waals surface area contributed by atoms with Crippen LogP contribution in [0.2, 0.25) is 5.15 Å². The minimum atomic E-state index is -0.534. The maximum atomic E-state index is 12.2. The standard InChI is InChI=1S/C15H23ClN4O3/c1-15(2,3)23-14(22)20-5-4-10(8-21)11(7-20)19-13-6-12(16)17-9-18-13/h6,9-11,21H,4-5,7-8H2,1-3H3,(H,17,18,19). The molecule has 0 radical (unpaired) electrons. The highest BCUT2D eigenvalue weighted by molar-refractivity contribution is 6.29. The van der Waals surface area contributed by atoms with Crippen molar-refractivity contribution in [3.8, 4) is 0 Å². The summed E-state index contributed by atoms with van der Waals surface area (Å²) >= 11 is 5.86. The number of aliphatic hydroxyl groups is 1. The first-order chi connectivity index (χ1) is 10.8. The van der Waals surface area contributed by atoms with E-state index in [9.17, 15) is 9.90 Å². The van der Waals surface area contributed by atoms with Gasteiger partial charge in [0, 0.05) is 31.7 Å². The Hall–Kier alpha value is -1.60. The number of nitrogens with zero attached hydrogens (tertiary/aromatic N) is 3. The fourth-order valence-electron chi connectivity index (χ4n) is 2.48. The van der Waals surface area contributed by atoms with Gasteiger partial charge in [-0.2, -0.15) is 0 Å². The molecule has 2 N–H and O–H groups in total. The van der Waals surface area contributed by atoms with E-state index in [0.29, 0.717) is 30.5 Å². The number of halogens is 1. The molecule has 1 aliphatic heterocycles. The predicted octanol–water partition coefficient (Wildman–Crippen LogP) is 2.16. The molecule has 7 nitrogen and oxygen atoms in total. The molecular weight excluding hydrogens is 320 g/mol. The van der Waals surface area contributed by atoms with Gasteiger partial charge in [-0.25, -0.2) is 14.8 Å². The average Bonchev–Trinajstić information content (AvgIpc) is 2.45. The third-order valence-corrected chi connectivity index (χ3v) is 3.82. The van der Waals surface area contributed by atoms with Gasteiger partial charge in [-0.1, -0.05) is 11.6 Å². The molecule has 1 fully saturated rings. The van der Waals surface area contributed by atoms with E-state index >= 15 is 0 Å². The number of carbonyl (C=O) groups excluding carboxylic acids is 1. The Morgan fingerprint density at radius 3 is 2.87 bits per heavy atom. The topological polar surface area (TPSA) is 87.6 Å². The molecule has 0 bridgehead atoms. The third kappa shape index (κ3) is 5.21. The molecule has 1 aliphatic rings. The lowest BCUT2D eigenvalue weighted by Gasteiger charge is -2.38. The van der Waals surface area contributed by atoms with Crippen LogP contribution in [0.15, 0.2) is 12.4 Å². The number of nitrogens with one attached hydrogen (secondary N) is 1. The molecule has 128 valence electrons. The number of anilines is 1. The van der Waals surface area contributed by atoms with Crippen LogP contribution in [0.3, 0.4) is 0 Å². The van der Waals surface area contributed by atoms with E-state index in [4.69, 9.17) is 16.3 Å². The lowest BCUT2D eigenvalue weighted by Crippen LogP contribution is -2.51. The molecule has 2 unspecified atom stereocenters. The van der Waals surface area contributed by atoms with Crippen molar-refractivity contribution in [3.63, 3.8) is 0 Å². The Bertz CT molecular complexity index is 550. The van der Waals surface area contributed by atoms with Gasteiger partial charge in [0.05, 0.1) is 6.04 Å². The van der Waals surface area contributed by atoms with Crippen molar-refractivity contribution in [2.45, 2.75) is 38.8 Å². The van der Waals surface area contributed by atoms with E-state index in [-0.39, 0.29) is 24.7 Å². The molecule has 1 aromatic heterocycles. The van der Waals surface area contributed by atoms with E-state index in [0.717, 1.165) is 0 Å². The van der Waals surface area contributed by atoms with Crippen LogP contribution in [0.4, 0.5) is 10.6 Å². The van der Waals surface area contributed by atoms with Crippen LogP contribution in [0.1, 0.15) is 27.2 Å². The van der Waals surface area contributed by atoms with Crippen molar-refractivity contribution in [1.82, 2.24) is 14.9 Å². The molecule has 2 heterocycles. The van der Waals surface area contributed by atoms with E-state index < -0.39 is 5.60 Å². The second-order valence-electron chi connectivity index (χ2n) is 6.63. The lowest BCUT2D eigenvalue weighted by molar-refractivity contribution is 0.0139. The summed E-state index contributed by atoms with van der Waals surface area (Å²) in [7, 11) is 0. The van der Waals surface area contributed by atoms with Gasteiger partial charge in [0.15, 0.2) is 0 Å². The van der Waals surface area contributed by atoms with Crippen LogP contribution < -0.4 is 5.32 Å². The van der Waals surface area contributed by atoms with Gasteiger partial charge in [0.25, 0.3) is 0 Å². The maximum absolute atomic E-state index is 12.2. The summed E-state index contributed by atoms with van der Waals surface area (Å²) in [5.41, 5.74) is -0.534. The Morgan fingerprint density at radius 2 is 2.26 bits per heavy atom. The van der Waals surface area contributed by atoms with Gasteiger partial charge in [-0.15, -0.1) is 0 Å². The molecule has 0 spiro atoms. The third-order valence-electron chi connectivity index (χ3n) is 3.61. The van der Waals surface area contributed by atoms with Gasteiger partial charge in [0.2, 0.25) is 0 Å². The van der Waals surface area contributed by atoms with Gasteiger partial charge >= 0.3 is 6.09 Å². The number of rotatable bonds is 3. The highest BCUT2D eigenvalue weighted by atomic mass is 35.5. The van der Waals surface area contributed by atoms with Crippen molar-refractivity contribution < 1.29 is 14.6 Å². The molecule has 1 saturated heterocycles. The summed E-state index contributed by atoms with van der Waals surface area (Å²) in [6.07, 6.45) is 1.71. The van der Waals surface area contributed by atoms with Crippen molar-refractivity contribution in [2.75, 3.05) is 25.0 Å². The maximum Gasteiger partial charge on any atom is 0.410 e. The Morgan fingerprint density at radius 1 is 1.52 bits per heavy atom. The summed E-state index contributed by atoms with van der Waals surface area (Å²) in [5, 5.41) is 13.1. The summed E-state index contributed by atoms with van der Waals surface area (Å²) < 4.78 is 5.41. The molecule has 2 atom stereocenters. The van der Waals surface area contributed by atoms with Gasteiger partial charge in [-0.05, 0) is 27.2 Å². The number of hydrogen-bond acceptors (Lipinski definition) is 6. The van der Waals surface area contributed by atoms with E-state index in [2.05, 4.69) is 15.3 Å². The first-order valence-corrected chi connectivity index (χ1v) is 7.99. The van der Waals surface area contributed by atoms with Gasteiger partial charge in [-0.3, -0.25) is 0 Å². The molecule has 0 aliphatic carbocycles. The van der Waals surface area contributed by atoms with E-state index in [1.54, 1.807) is 11.0 Å². The van der Waals surface area contributed by atoms with Crippen LogP contribution in [0.25, 0.3) is 0 Å². The van der Waals surface area contributed by atoms with Crippen molar-refractivity contribution in [1.29, 1.82) is 0 Å². The fourth-order valence-corrected chi connectivity index (χ4v) is 2.62.